The van der Waals surface area contributed by atoms with Crippen LogP contribution in [0.2, 0.25) is 0 Å². The summed E-state index contributed by atoms with van der Waals surface area (Å²) in [6.45, 7) is 7.06. The third kappa shape index (κ3) is 6.13. The van der Waals surface area contributed by atoms with Crippen molar-refractivity contribution in [1.82, 2.24) is 15.2 Å². The van der Waals surface area contributed by atoms with Crippen molar-refractivity contribution < 1.29 is 12.9 Å². The fourth-order valence-electron chi connectivity index (χ4n) is 1.44. The van der Waals surface area contributed by atoms with Gasteiger partial charge in [0.25, 0.3) is 0 Å². The van der Waals surface area contributed by atoms with Gasteiger partial charge in [-0.2, -0.15) is 0 Å². The van der Waals surface area contributed by atoms with E-state index in [0.29, 0.717) is 24.0 Å². The highest BCUT2D eigenvalue weighted by molar-refractivity contribution is 7.88. The molecule has 0 fully saturated rings. The van der Waals surface area contributed by atoms with Crippen LogP contribution in [0.1, 0.15) is 31.7 Å². The van der Waals surface area contributed by atoms with Crippen LogP contribution in [-0.2, 0) is 15.8 Å². The molecule has 18 heavy (non-hydrogen) atoms. The Hall–Kier alpha value is -0.920. The van der Waals surface area contributed by atoms with Gasteiger partial charge in [0, 0.05) is 18.7 Å². The molecule has 7 heteroatoms. The van der Waals surface area contributed by atoms with E-state index in [0.717, 1.165) is 13.0 Å². The van der Waals surface area contributed by atoms with Crippen LogP contribution >= 0.6 is 0 Å². The quantitative estimate of drug-likeness (QED) is 0.685. The smallest absolute Gasteiger partial charge is 0.217 e. The zero-order valence-corrected chi connectivity index (χ0v) is 11.9. The number of nitrogens with one attached hydrogen (secondary N) is 2. The molecule has 2 N–H and O–H groups in total. The average molecular weight is 275 g/mol. The number of hydrogen-bond acceptors (Lipinski definition) is 5. The van der Waals surface area contributed by atoms with E-state index in [9.17, 15) is 8.42 Å². The van der Waals surface area contributed by atoms with Crippen LogP contribution in [0.3, 0.4) is 0 Å². The maximum atomic E-state index is 11.7. The van der Waals surface area contributed by atoms with E-state index < -0.39 is 10.0 Å². The van der Waals surface area contributed by atoms with Crippen molar-refractivity contribution in [3.05, 3.63) is 17.5 Å². The summed E-state index contributed by atoms with van der Waals surface area (Å²) in [5.74, 6) is 0.475. The lowest BCUT2D eigenvalue weighted by atomic mass is 10.3. The molecule has 104 valence electrons. The van der Waals surface area contributed by atoms with E-state index in [-0.39, 0.29) is 5.75 Å². The molecule has 1 rings (SSSR count). The maximum absolute atomic E-state index is 11.7. The summed E-state index contributed by atoms with van der Waals surface area (Å²) in [7, 11) is -3.32. The molecule has 0 aliphatic heterocycles. The van der Waals surface area contributed by atoms with Gasteiger partial charge in [0.15, 0.2) is 0 Å². The summed E-state index contributed by atoms with van der Waals surface area (Å²) in [6.07, 6.45) is 0.759. The first-order chi connectivity index (χ1) is 8.39. The molecule has 0 saturated heterocycles. The molecule has 0 aliphatic rings. The Balaban J connectivity index is 2.28. The highest BCUT2D eigenvalue weighted by Crippen LogP contribution is 2.05. The lowest BCUT2D eigenvalue weighted by Gasteiger charge is -2.08. The van der Waals surface area contributed by atoms with E-state index >= 15 is 0 Å². The lowest BCUT2D eigenvalue weighted by molar-refractivity contribution is 0.392. The highest BCUT2D eigenvalue weighted by Gasteiger charge is 2.13. The Labute approximate surface area is 108 Å². The second-order valence-corrected chi connectivity index (χ2v) is 6.35. The first-order valence-electron chi connectivity index (χ1n) is 6.02. The maximum Gasteiger partial charge on any atom is 0.217 e. The number of nitrogens with zero attached hydrogens (tertiary/aromatic N) is 1. The normalized spacial score (nSPS) is 12.2. The number of sulfonamides is 1. The van der Waals surface area contributed by atoms with Gasteiger partial charge in [-0.15, -0.1) is 0 Å². The largest absolute Gasteiger partial charge is 0.361 e. The predicted octanol–water partition coefficient (Wildman–Crippen LogP) is 0.791. The third-order valence-corrected chi connectivity index (χ3v) is 3.56. The minimum absolute atomic E-state index is 0.137. The van der Waals surface area contributed by atoms with Crippen molar-refractivity contribution in [2.75, 3.05) is 13.1 Å². The van der Waals surface area contributed by atoms with Gasteiger partial charge in [0.05, 0.1) is 0 Å². The molecule has 0 aliphatic carbocycles. The SMILES string of the molecule is Cc1cc(CS(=O)(=O)NCCCNC(C)C)no1. The van der Waals surface area contributed by atoms with Crippen molar-refractivity contribution in [2.45, 2.75) is 39.0 Å². The van der Waals surface area contributed by atoms with Crippen molar-refractivity contribution in [2.24, 2.45) is 0 Å². The molecule has 0 amide bonds. The number of hydrogen-bond donors (Lipinski definition) is 2. The highest BCUT2D eigenvalue weighted by atomic mass is 32.2. The summed E-state index contributed by atoms with van der Waals surface area (Å²) in [6, 6.07) is 2.04. The third-order valence-electron chi connectivity index (χ3n) is 2.24. The van der Waals surface area contributed by atoms with Gasteiger partial charge in [-0.3, -0.25) is 0 Å². The minimum atomic E-state index is -3.32. The molecule has 0 aromatic carbocycles. The molecule has 0 bridgehead atoms. The first kappa shape index (κ1) is 15.1. The first-order valence-corrected chi connectivity index (χ1v) is 7.67. The number of rotatable bonds is 8. The van der Waals surface area contributed by atoms with E-state index in [2.05, 4.69) is 29.0 Å². The number of aryl methyl sites for hydroxylation is 1. The second-order valence-electron chi connectivity index (χ2n) is 4.54. The van der Waals surface area contributed by atoms with Gasteiger partial charge in [-0.1, -0.05) is 19.0 Å². The Morgan fingerprint density at radius 3 is 2.67 bits per heavy atom. The molecule has 1 heterocycles. The van der Waals surface area contributed by atoms with Gasteiger partial charge < -0.3 is 9.84 Å². The summed E-state index contributed by atoms with van der Waals surface area (Å²) in [5, 5.41) is 6.88. The van der Waals surface area contributed by atoms with Gasteiger partial charge in [0.1, 0.15) is 17.2 Å². The fraction of sp³-hybridized carbons (Fsp3) is 0.727. The Kier molecular flexibility index (Phi) is 5.77. The van der Waals surface area contributed by atoms with Crippen molar-refractivity contribution >= 4 is 10.0 Å². The molecule has 0 saturated carbocycles. The molecule has 0 spiro atoms. The van der Waals surface area contributed by atoms with Crippen LogP contribution < -0.4 is 10.0 Å². The van der Waals surface area contributed by atoms with Gasteiger partial charge >= 0.3 is 0 Å². The Morgan fingerprint density at radius 1 is 1.39 bits per heavy atom. The summed E-state index contributed by atoms with van der Waals surface area (Å²) in [5.41, 5.74) is 0.431. The Morgan fingerprint density at radius 2 is 2.11 bits per heavy atom. The molecule has 1 aromatic heterocycles. The van der Waals surface area contributed by atoms with E-state index in [1.54, 1.807) is 13.0 Å². The van der Waals surface area contributed by atoms with Gasteiger partial charge in [-0.25, -0.2) is 13.1 Å². The lowest BCUT2D eigenvalue weighted by Crippen LogP contribution is -2.30. The second kappa shape index (κ2) is 6.86. The minimum Gasteiger partial charge on any atom is -0.361 e. The van der Waals surface area contributed by atoms with Crippen LogP contribution in [0.15, 0.2) is 10.6 Å². The molecular weight excluding hydrogens is 254 g/mol. The van der Waals surface area contributed by atoms with Gasteiger partial charge in [0.2, 0.25) is 10.0 Å². The molecular formula is C11H21N3O3S. The fourth-order valence-corrected chi connectivity index (χ4v) is 2.52. The molecule has 0 unspecified atom stereocenters. The number of aromatic nitrogens is 1. The molecule has 0 radical (unpaired) electrons. The summed E-state index contributed by atoms with van der Waals surface area (Å²) in [4.78, 5) is 0. The van der Waals surface area contributed by atoms with E-state index in [1.807, 2.05) is 0 Å². The van der Waals surface area contributed by atoms with Crippen LogP contribution in [0, 0.1) is 6.92 Å². The summed E-state index contributed by atoms with van der Waals surface area (Å²) >= 11 is 0. The van der Waals surface area contributed by atoms with Crippen molar-refractivity contribution in [3.63, 3.8) is 0 Å². The molecule has 0 atom stereocenters. The van der Waals surface area contributed by atoms with E-state index in [1.165, 1.54) is 0 Å². The zero-order chi connectivity index (χ0) is 13.6. The molecule has 6 nitrogen and oxygen atoms in total. The monoisotopic (exact) mass is 275 g/mol. The average Bonchev–Trinajstić information content (AvgIpc) is 2.61. The summed E-state index contributed by atoms with van der Waals surface area (Å²) < 4.78 is 30.8. The van der Waals surface area contributed by atoms with Crippen LogP contribution in [0.25, 0.3) is 0 Å². The topological polar surface area (TPSA) is 84.2 Å². The van der Waals surface area contributed by atoms with Crippen molar-refractivity contribution in [1.29, 1.82) is 0 Å². The standard InChI is InChI=1S/C11H21N3O3S/c1-9(2)12-5-4-6-13-18(15,16)8-11-7-10(3)17-14-11/h7,9,12-13H,4-6,8H2,1-3H3. The van der Waals surface area contributed by atoms with Crippen molar-refractivity contribution in [3.8, 4) is 0 Å². The zero-order valence-electron chi connectivity index (χ0n) is 11.1. The predicted molar refractivity (Wildman–Crippen MR) is 69.6 cm³/mol. The molecule has 1 aromatic rings. The van der Waals surface area contributed by atoms with Crippen LogP contribution in [0.4, 0.5) is 0 Å². The Bertz CT molecular complexity index is 454. The van der Waals surface area contributed by atoms with Gasteiger partial charge in [-0.05, 0) is 19.9 Å². The van der Waals surface area contributed by atoms with Crippen LogP contribution in [0.5, 0.6) is 0 Å². The van der Waals surface area contributed by atoms with Crippen LogP contribution in [-0.4, -0.2) is 32.7 Å². The van der Waals surface area contributed by atoms with E-state index in [4.69, 9.17) is 4.52 Å².